The van der Waals surface area contributed by atoms with E-state index in [9.17, 15) is 0 Å². The van der Waals surface area contributed by atoms with Crippen LogP contribution >= 0.6 is 0 Å². The Bertz CT molecular complexity index is 311. The highest BCUT2D eigenvalue weighted by Gasteiger charge is 2.16. The fraction of sp³-hybridized carbons (Fsp3) is 0.733. The summed E-state index contributed by atoms with van der Waals surface area (Å²) in [4.78, 5) is 0. The molecule has 0 aromatic carbocycles. The molecule has 1 aliphatic rings. The molecule has 1 heterocycles. The monoisotopic (exact) mass is 220 g/mol. The second-order valence-electron chi connectivity index (χ2n) is 5.03. The van der Waals surface area contributed by atoms with E-state index in [1.54, 1.807) is 5.56 Å². The van der Waals surface area contributed by atoms with Crippen LogP contribution in [0.15, 0.2) is 10.7 Å². The first kappa shape index (κ1) is 11.8. The molecule has 1 heteroatoms. The van der Waals surface area contributed by atoms with Gasteiger partial charge < -0.3 is 4.42 Å². The molecule has 0 radical (unpaired) electrons. The van der Waals surface area contributed by atoms with Crippen LogP contribution in [0.4, 0.5) is 0 Å². The third-order valence-corrected chi connectivity index (χ3v) is 3.70. The summed E-state index contributed by atoms with van der Waals surface area (Å²) in [6.45, 7) is 2.27. The van der Waals surface area contributed by atoms with Gasteiger partial charge in [0.1, 0.15) is 5.76 Å². The minimum Gasteiger partial charge on any atom is -0.469 e. The van der Waals surface area contributed by atoms with Crippen molar-refractivity contribution < 1.29 is 4.42 Å². The lowest BCUT2D eigenvalue weighted by Crippen LogP contribution is -2.01. The van der Waals surface area contributed by atoms with E-state index >= 15 is 0 Å². The van der Waals surface area contributed by atoms with E-state index in [0.717, 1.165) is 0 Å². The Balaban J connectivity index is 1.78. The normalized spacial score (nSPS) is 15.1. The molecule has 2 rings (SSSR count). The van der Waals surface area contributed by atoms with Crippen molar-refractivity contribution in [3.8, 4) is 0 Å². The molecule has 90 valence electrons. The second-order valence-corrected chi connectivity index (χ2v) is 5.03. The van der Waals surface area contributed by atoms with Gasteiger partial charge in [-0.2, -0.15) is 0 Å². The van der Waals surface area contributed by atoms with Crippen LogP contribution in [0.25, 0.3) is 0 Å². The summed E-state index contributed by atoms with van der Waals surface area (Å²) in [6.07, 6.45) is 15.2. The van der Waals surface area contributed by atoms with Crippen LogP contribution in [0.1, 0.15) is 68.8 Å². The Hall–Kier alpha value is -0.720. The van der Waals surface area contributed by atoms with Crippen LogP contribution in [-0.2, 0) is 19.3 Å². The zero-order chi connectivity index (χ0) is 11.2. The molecule has 0 spiro atoms. The first-order valence-corrected chi connectivity index (χ1v) is 7.00. The molecule has 1 aromatic heterocycles. The number of fused-ring (bicyclic) bond motifs is 1. The molecular weight excluding hydrogens is 196 g/mol. The summed E-state index contributed by atoms with van der Waals surface area (Å²) in [7, 11) is 0. The van der Waals surface area contributed by atoms with Gasteiger partial charge in [-0.1, -0.05) is 32.6 Å². The number of hydrogen-bond donors (Lipinski definition) is 0. The third kappa shape index (κ3) is 2.90. The predicted molar refractivity (Wildman–Crippen MR) is 67.8 cm³/mol. The summed E-state index contributed by atoms with van der Waals surface area (Å²) in [5.74, 6) is 1.30. The van der Waals surface area contributed by atoms with Crippen molar-refractivity contribution in [1.82, 2.24) is 0 Å². The fourth-order valence-corrected chi connectivity index (χ4v) is 2.69. The first-order valence-electron chi connectivity index (χ1n) is 7.00. The zero-order valence-electron chi connectivity index (χ0n) is 10.6. The lowest BCUT2D eigenvalue weighted by atomic mass is 9.92. The topological polar surface area (TPSA) is 13.1 Å². The van der Waals surface area contributed by atoms with Gasteiger partial charge in [0.2, 0.25) is 0 Å². The lowest BCUT2D eigenvalue weighted by molar-refractivity contribution is 0.488. The molecule has 1 nitrogen and oxygen atoms in total. The van der Waals surface area contributed by atoms with Crippen molar-refractivity contribution in [2.75, 3.05) is 0 Å². The maximum Gasteiger partial charge on any atom is 0.107 e. The van der Waals surface area contributed by atoms with Gasteiger partial charge in [-0.05, 0) is 43.2 Å². The maximum atomic E-state index is 5.72. The van der Waals surface area contributed by atoms with Crippen molar-refractivity contribution in [1.29, 1.82) is 0 Å². The molecule has 0 N–H and O–H groups in total. The summed E-state index contributed by atoms with van der Waals surface area (Å²) in [5.41, 5.74) is 3.05. The minimum absolute atomic E-state index is 1.17. The summed E-state index contributed by atoms with van der Waals surface area (Å²) >= 11 is 0. The number of furan rings is 1. The van der Waals surface area contributed by atoms with Gasteiger partial charge in [-0.25, -0.2) is 0 Å². The van der Waals surface area contributed by atoms with Gasteiger partial charge in [-0.15, -0.1) is 0 Å². The van der Waals surface area contributed by atoms with E-state index < -0.39 is 0 Å². The van der Waals surface area contributed by atoms with E-state index in [1.165, 1.54) is 75.5 Å². The van der Waals surface area contributed by atoms with Gasteiger partial charge in [0.15, 0.2) is 0 Å². The molecule has 0 atom stereocenters. The smallest absolute Gasteiger partial charge is 0.107 e. The van der Waals surface area contributed by atoms with Crippen molar-refractivity contribution in [2.24, 2.45) is 0 Å². The van der Waals surface area contributed by atoms with Crippen molar-refractivity contribution in [3.63, 3.8) is 0 Å². The molecule has 16 heavy (non-hydrogen) atoms. The largest absolute Gasteiger partial charge is 0.469 e. The summed E-state index contributed by atoms with van der Waals surface area (Å²) in [5, 5.41) is 0. The van der Waals surface area contributed by atoms with E-state index in [2.05, 4.69) is 6.92 Å². The van der Waals surface area contributed by atoms with E-state index in [4.69, 9.17) is 4.42 Å². The Morgan fingerprint density at radius 1 is 1.06 bits per heavy atom. The highest BCUT2D eigenvalue weighted by molar-refractivity contribution is 5.30. The molecule has 0 bridgehead atoms. The zero-order valence-corrected chi connectivity index (χ0v) is 10.6. The van der Waals surface area contributed by atoms with E-state index in [0.29, 0.717) is 0 Å². The number of aryl methyl sites for hydroxylation is 2. The first-order chi connectivity index (χ1) is 7.92. The van der Waals surface area contributed by atoms with Gasteiger partial charge in [-0.3, -0.25) is 0 Å². The van der Waals surface area contributed by atoms with Crippen LogP contribution in [-0.4, -0.2) is 0 Å². The number of unbranched alkanes of at least 4 members (excludes halogenated alkanes) is 4. The molecule has 1 aliphatic carbocycles. The number of rotatable bonds is 6. The third-order valence-electron chi connectivity index (χ3n) is 3.70. The van der Waals surface area contributed by atoms with Gasteiger partial charge in [0.05, 0.1) is 6.26 Å². The van der Waals surface area contributed by atoms with Crippen molar-refractivity contribution >= 4 is 0 Å². The molecule has 0 amide bonds. The van der Waals surface area contributed by atoms with Crippen LogP contribution in [0.5, 0.6) is 0 Å². The predicted octanol–water partition coefficient (Wildman–Crippen LogP) is 4.67. The van der Waals surface area contributed by atoms with Crippen molar-refractivity contribution in [2.45, 2.75) is 71.1 Å². The van der Waals surface area contributed by atoms with Crippen LogP contribution < -0.4 is 0 Å². The lowest BCUT2D eigenvalue weighted by Gasteiger charge is -2.10. The Labute approximate surface area is 99.2 Å². The molecular formula is C15H24O. The van der Waals surface area contributed by atoms with Gasteiger partial charge in [0, 0.05) is 6.42 Å². The summed E-state index contributed by atoms with van der Waals surface area (Å²) < 4.78 is 5.72. The molecule has 0 fully saturated rings. The Morgan fingerprint density at radius 3 is 2.75 bits per heavy atom. The maximum absolute atomic E-state index is 5.72. The highest BCUT2D eigenvalue weighted by atomic mass is 16.3. The molecule has 1 aromatic rings. The summed E-state index contributed by atoms with van der Waals surface area (Å²) in [6, 6.07) is 0. The fourth-order valence-electron chi connectivity index (χ4n) is 2.69. The van der Waals surface area contributed by atoms with Crippen LogP contribution in [0.2, 0.25) is 0 Å². The standard InChI is InChI=1S/C15H24O/c1-2-3-4-5-6-11-15-14-10-8-7-9-13(14)12-16-15/h12H,2-11H2,1H3. The second kappa shape index (κ2) is 6.12. The van der Waals surface area contributed by atoms with Gasteiger partial charge in [0.25, 0.3) is 0 Å². The Morgan fingerprint density at radius 2 is 1.88 bits per heavy atom. The van der Waals surface area contributed by atoms with Crippen molar-refractivity contribution in [3.05, 3.63) is 23.2 Å². The molecule has 0 aliphatic heterocycles. The molecule has 0 saturated carbocycles. The highest BCUT2D eigenvalue weighted by Crippen LogP contribution is 2.27. The van der Waals surface area contributed by atoms with Crippen LogP contribution in [0, 0.1) is 0 Å². The average Bonchev–Trinajstić information content (AvgIpc) is 2.73. The number of hydrogen-bond acceptors (Lipinski definition) is 1. The van der Waals surface area contributed by atoms with E-state index in [1.807, 2.05) is 6.26 Å². The van der Waals surface area contributed by atoms with Crippen LogP contribution in [0.3, 0.4) is 0 Å². The van der Waals surface area contributed by atoms with Gasteiger partial charge >= 0.3 is 0 Å². The minimum atomic E-state index is 1.17. The molecule has 0 unspecified atom stereocenters. The Kier molecular flexibility index (Phi) is 4.50. The molecule has 0 saturated heterocycles. The average molecular weight is 220 g/mol. The quantitative estimate of drug-likeness (QED) is 0.635. The SMILES string of the molecule is CCCCCCCc1occ2c1CCCC2. The van der Waals surface area contributed by atoms with E-state index in [-0.39, 0.29) is 0 Å².